The minimum Gasteiger partial charge on any atom is -0.494 e. The molecule has 0 atom stereocenters. The third-order valence-corrected chi connectivity index (χ3v) is 7.10. The first kappa shape index (κ1) is 23.2. The van der Waals surface area contributed by atoms with Crippen molar-refractivity contribution in [2.24, 2.45) is 5.92 Å². The third-order valence-electron chi connectivity index (χ3n) is 7.10. The maximum absolute atomic E-state index is 13.0. The normalized spacial score (nSPS) is 18.9. The number of rotatable bonds is 7. The number of hydrogen-bond acceptors (Lipinski definition) is 5. The fourth-order valence-corrected chi connectivity index (χ4v) is 4.42. The molecule has 3 aromatic rings. The van der Waals surface area contributed by atoms with Crippen LogP contribution in [0.4, 0.5) is 5.69 Å². The highest BCUT2D eigenvalue weighted by Gasteiger charge is 2.24. The molecule has 1 saturated carbocycles. The smallest absolute Gasteiger partial charge is 0.274 e. The molecule has 0 saturated heterocycles. The monoisotopic (exact) mass is 450 g/mol. The number of aliphatic hydroxyl groups excluding tert-OH is 1. The summed E-state index contributed by atoms with van der Waals surface area (Å²) in [5, 5.41) is 18.1. The Labute approximate surface area is 195 Å². The van der Waals surface area contributed by atoms with E-state index in [1.165, 1.54) is 0 Å². The molecular formula is C26H34N4O3. The molecule has 7 nitrogen and oxygen atoms in total. The number of aliphatic hydroxyl groups is 1. The number of pyridine rings is 1. The Bertz CT molecular complexity index is 1130. The Morgan fingerprint density at radius 2 is 2.00 bits per heavy atom. The number of carbonyl (C=O) groups is 1. The van der Waals surface area contributed by atoms with E-state index in [2.05, 4.69) is 31.1 Å². The molecular weight excluding hydrogens is 416 g/mol. The summed E-state index contributed by atoms with van der Waals surface area (Å²) in [5.41, 5.74) is 2.61. The van der Waals surface area contributed by atoms with E-state index in [1.54, 1.807) is 13.2 Å². The van der Waals surface area contributed by atoms with Crippen molar-refractivity contribution in [3.8, 4) is 5.75 Å². The van der Waals surface area contributed by atoms with Crippen LogP contribution < -0.4 is 10.1 Å². The number of amides is 1. The van der Waals surface area contributed by atoms with Crippen LogP contribution in [0.5, 0.6) is 5.75 Å². The van der Waals surface area contributed by atoms with Crippen LogP contribution in [0, 0.1) is 5.92 Å². The largest absolute Gasteiger partial charge is 0.494 e. The Kier molecular flexibility index (Phi) is 6.70. The van der Waals surface area contributed by atoms with Crippen LogP contribution in [-0.4, -0.2) is 39.5 Å². The van der Waals surface area contributed by atoms with Gasteiger partial charge in [-0.05, 0) is 56.2 Å². The summed E-state index contributed by atoms with van der Waals surface area (Å²) in [5.74, 6) is 0.703. The van der Waals surface area contributed by atoms with Gasteiger partial charge < -0.3 is 15.2 Å². The molecule has 4 rings (SSSR count). The number of anilines is 1. The maximum atomic E-state index is 13.0. The summed E-state index contributed by atoms with van der Waals surface area (Å²) >= 11 is 0. The Hall–Kier alpha value is -2.93. The molecule has 0 spiro atoms. The quantitative estimate of drug-likeness (QED) is 0.522. The lowest BCUT2D eigenvalue weighted by atomic mass is 9.86. The fourth-order valence-electron chi connectivity index (χ4n) is 4.42. The summed E-state index contributed by atoms with van der Waals surface area (Å²) in [7, 11) is 1.59. The number of ether oxygens (including phenoxy) is 1. The second-order valence-corrected chi connectivity index (χ2v) is 9.68. The predicted octanol–water partition coefficient (Wildman–Crippen LogP) is 5.10. The lowest BCUT2D eigenvalue weighted by molar-refractivity contribution is 0.102. The van der Waals surface area contributed by atoms with E-state index in [-0.39, 0.29) is 17.9 Å². The summed E-state index contributed by atoms with van der Waals surface area (Å²) < 4.78 is 7.59. The van der Waals surface area contributed by atoms with Gasteiger partial charge in [0.05, 0.1) is 24.4 Å². The van der Waals surface area contributed by atoms with Gasteiger partial charge in [0.2, 0.25) is 0 Å². The molecule has 0 unspecified atom stereocenters. The van der Waals surface area contributed by atoms with Crippen LogP contribution in [0.3, 0.4) is 0 Å². The van der Waals surface area contributed by atoms with Crippen molar-refractivity contribution in [3.63, 3.8) is 0 Å². The van der Waals surface area contributed by atoms with Gasteiger partial charge in [0, 0.05) is 35.4 Å². The number of fused-ring (bicyclic) bond motifs is 1. The van der Waals surface area contributed by atoms with Crippen LogP contribution in [0.1, 0.15) is 75.1 Å². The molecule has 0 radical (unpaired) electrons. The molecule has 7 heteroatoms. The highest BCUT2D eigenvalue weighted by Crippen LogP contribution is 2.35. The van der Waals surface area contributed by atoms with E-state index in [1.807, 2.05) is 35.1 Å². The van der Waals surface area contributed by atoms with Gasteiger partial charge in [0.25, 0.3) is 5.91 Å². The number of benzene rings is 1. The Morgan fingerprint density at radius 1 is 1.24 bits per heavy atom. The summed E-state index contributed by atoms with van der Waals surface area (Å²) in [6.07, 6.45) is 7.02. The lowest BCUT2D eigenvalue weighted by Crippen LogP contribution is -2.21. The molecule has 1 aliphatic carbocycles. The summed E-state index contributed by atoms with van der Waals surface area (Å²) in [6, 6.07) is 9.69. The van der Waals surface area contributed by atoms with Crippen molar-refractivity contribution in [2.45, 2.75) is 64.3 Å². The first-order valence-corrected chi connectivity index (χ1v) is 11.8. The van der Waals surface area contributed by atoms with Gasteiger partial charge in [-0.25, -0.2) is 4.98 Å². The standard InChI is InChI=1S/C26H34N4O3/c1-5-26(2,3)24-8-6-7-20(27-24)25(32)28-22-13-18-15-30(29-21(18)14-23(22)33-4)19-11-9-17(16-31)10-12-19/h6-8,13-15,17,19,31H,5,9-12,16H2,1-4H3,(H,28,32). The molecule has 176 valence electrons. The van der Waals surface area contributed by atoms with Crippen molar-refractivity contribution in [1.82, 2.24) is 14.8 Å². The molecule has 33 heavy (non-hydrogen) atoms. The number of carbonyl (C=O) groups excluding carboxylic acids is 1. The zero-order valence-corrected chi connectivity index (χ0v) is 20.0. The second-order valence-electron chi connectivity index (χ2n) is 9.68. The zero-order valence-electron chi connectivity index (χ0n) is 20.0. The van der Waals surface area contributed by atoms with Crippen molar-refractivity contribution >= 4 is 22.5 Å². The SMILES string of the molecule is CCC(C)(C)c1cccc(C(=O)Nc2cc3cn(C4CCC(CO)CC4)nc3cc2OC)n1. The minimum absolute atomic E-state index is 0.0994. The number of hydrogen-bond donors (Lipinski definition) is 2. The molecule has 1 fully saturated rings. The number of nitrogens with one attached hydrogen (secondary N) is 1. The molecule has 0 bridgehead atoms. The highest BCUT2D eigenvalue weighted by molar-refractivity contribution is 6.05. The first-order valence-electron chi connectivity index (χ1n) is 11.8. The molecule has 2 heterocycles. The van der Waals surface area contributed by atoms with E-state index < -0.39 is 0 Å². The van der Waals surface area contributed by atoms with Gasteiger partial charge >= 0.3 is 0 Å². The summed E-state index contributed by atoms with van der Waals surface area (Å²) in [6.45, 7) is 6.64. The maximum Gasteiger partial charge on any atom is 0.274 e. The molecule has 2 aromatic heterocycles. The van der Waals surface area contributed by atoms with Crippen molar-refractivity contribution < 1.29 is 14.6 Å². The molecule has 1 amide bonds. The number of nitrogens with zero attached hydrogens (tertiary/aromatic N) is 3. The molecule has 1 aromatic carbocycles. The van der Waals surface area contributed by atoms with Crippen LogP contribution in [0.15, 0.2) is 36.5 Å². The Morgan fingerprint density at radius 3 is 2.67 bits per heavy atom. The summed E-state index contributed by atoms with van der Waals surface area (Å²) in [4.78, 5) is 17.6. The van der Waals surface area contributed by atoms with Gasteiger partial charge in [-0.1, -0.05) is 26.8 Å². The predicted molar refractivity (Wildman–Crippen MR) is 130 cm³/mol. The van der Waals surface area contributed by atoms with Gasteiger partial charge in [-0.2, -0.15) is 5.10 Å². The van der Waals surface area contributed by atoms with Crippen LogP contribution in [0.2, 0.25) is 0 Å². The molecule has 1 aliphatic rings. The Balaban J connectivity index is 1.58. The minimum atomic E-state index is -0.267. The van der Waals surface area contributed by atoms with Gasteiger partial charge in [-0.3, -0.25) is 9.48 Å². The lowest BCUT2D eigenvalue weighted by Gasteiger charge is -2.27. The molecule has 2 N–H and O–H groups in total. The van der Waals surface area contributed by atoms with Gasteiger partial charge in [0.1, 0.15) is 11.4 Å². The fraction of sp³-hybridized carbons (Fsp3) is 0.500. The first-order chi connectivity index (χ1) is 15.8. The van der Waals surface area contributed by atoms with Gasteiger partial charge in [0.15, 0.2) is 0 Å². The number of aromatic nitrogens is 3. The van der Waals surface area contributed by atoms with E-state index in [9.17, 15) is 9.90 Å². The highest BCUT2D eigenvalue weighted by atomic mass is 16.5. The number of methoxy groups -OCH3 is 1. The van der Waals surface area contributed by atoms with E-state index >= 15 is 0 Å². The van der Waals surface area contributed by atoms with E-state index in [0.717, 1.165) is 48.7 Å². The van der Waals surface area contributed by atoms with Crippen molar-refractivity contribution in [1.29, 1.82) is 0 Å². The van der Waals surface area contributed by atoms with Crippen LogP contribution >= 0.6 is 0 Å². The molecule has 0 aliphatic heterocycles. The average Bonchev–Trinajstić information content (AvgIpc) is 3.26. The van der Waals surface area contributed by atoms with Crippen molar-refractivity contribution in [2.75, 3.05) is 19.0 Å². The van der Waals surface area contributed by atoms with Crippen LogP contribution in [-0.2, 0) is 5.41 Å². The zero-order chi connectivity index (χ0) is 23.6. The van der Waals surface area contributed by atoms with Gasteiger partial charge in [-0.15, -0.1) is 0 Å². The average molecular weight is 451 g/mol. The van der Waals surface area contributed by atoms with E-state index in [4.69, 9.17) is 9.84 Å². The van der Waals surface area contributed by atoms with E-state index in [0.29, 0.717) is 29.1 Å². The third kappa shape index (κ3) is 4.88. The van der Waals surface area contributed by atoms with Crippen molar-refractivity contribution in [3.05, 3.63) is 47.9 Å². The van der Waals surface area contributed by atoms with Crippen LogP contribution in [0.25, 0.3) is 10.9 Å². The topological polar surface area (TPSA) is 89.3 Å². The second kappa shape index (κ2) is 9.51.